The number of hydrogen-bond acceptors (Lipinski definition) is 2. The number of piperidine rings is 1. The lowest BCUT2D eigenvalue weighted by Gasteiger charge is -2.32. The molecule has 0 radical (unpaired) electrons. The van der Waals surface area contributed by atoms with Gasteiger partial charge in [-0.2, -0.15) is 0 Å². The number of benzene rings is 2. The molecular weight excluding hydrogens is 340 g/mol. The summed E-state index contributed by atoms with van der Waals surface area (Å²) in [6.45, 7) is 3.23. The molecule has 1 aliphatic heterocycles. The average molecular weight is 363 g/mol. The number of likely N-dealkylation sites (tertiary alicyclic amines) is 1. The number of nitrogens with zero attached hydrogens (tertiary/aromatic N) is 2. The van der Waals surface area contributed by atoms with Crippen molar-refractivity contribution >= 4 is 11.6 Å². The minimum absolute atomic E-state index is 0.650. The van der Waals surface area contributed by atoms with Crippen LogP contribution in [-0.4, -0.2) is 23.0 Å². The van der Waals surface area contributed by atoms with Gasteiger partial charge in [0.05, 0.1) is 0 Å². The first kappa shape index (κ1) is 17.3. The van der Waals surface area contributed by atoms with Crippen LogP contribution in [0, 0.1) is 0 Å². The lowest BCUT2D eigenvalue weighted by molar-refractivity contribution is 0.204. The Bertz CT molecular complexity index is 838. The molecule has 2 aromatic carbocycles. The topological polar surface area (TPSA) is 16.1 Å². The van der Waals surface area contributed by atoms with Gasteiger partial charge in [-0.15, -0.1) is 0 Å². The predicted molar refractivity (Wildman–Crippen MR) is 108 cm³/mol. The van der Waals surface area contributed by atoms with Crippen molar-refractivity contribution in [1.29, 1.82) is 0 Å². The van der Waals surface area contributed by atoms with Gasteiger partial charge in [0.15, 0.2) is 0 Å². The number of hydrogen-bond donors (Lipinski definition) is 0. The van der Waals surface area contributed by atoms with Crippen LogP contribution in [0.3, 0.4) is 0 Å². The van der Waals surface area contributed by atoms with E-state index in [1.54, 1.807) is 0 Å². The summed E-state index contributed by atoms with van der Waals surface area (Å²) >= 11 is 6.01. The van der Waals surface area contributed by atoms with Crippen LogP contribution in [0.5, 0.6) is 0 Å². The largest absolute Gasteiger partial charge is 0.299 e. The quantitative estimate of drug-likeness (QED) is 0.584. The van der Waals surface area contributed by atoms with E-state index >= 15 is 0 Å². The average Bonchev–Trinajstić information content (AvgIpc) is 2.70. The van der Waals surface area contributed by atoms with E-state index in [2.05, 4.69) is 52.3 Å². The highest BCUT2D eigenvalue weighted by Crippen LogP contribution is 2.29. The molecule has 0 spiro atoms. The minimum Gasteiger partial charge on any atom is -0.299 e. The van der Waals surface area contributed by atoms with Gasteiger partial charge in [-0.05, 0) is 66.7 Å². The zero-order chi connectivity index (χ0) is 17.8. The summed E-state index contributed by atoms with van der Waals surface area (Å²) in [5.41, 5.74) is 5.13. The van der Waals surface area contributed by atoms with Gasteiger partial charge in [0.2, 0.25) is 0 Å². The smallest absolute Gasteiger partial charge is 0.0406 e. The molecule has 0 bridgehead atoms. The zero-order valence-electron chi connectivity index (χ0n) is 14.8. The van der Waals surface area contributed by atoms with Gasteiger partial charge in [-0.1, -0.05) is 54.1 Å². The van der Waals surface area contributed by atoms with Crippen LogP contribution in [0.2, 0.25) is 5.02 Å². The highest BCUT2D eigenvalue weighted by molar-refractivity contribution is 6.30. The second-order valence-electron chi connectivity index (χ2n) is 7.05. The third kappa shape index (κ3) is 4.14. The Labute approximate surface area is 160 Å². The highest BCUT2D eigenvalue weighted by Gasteiger charge is 2.20. The van der Waals surface area contributed by atoms with Gasteiger partial charge < -0.3 is 0 Å². The highest BCUT2D eigenvalue weighted by atomic mass is 35.5. The van der Waals surface area contributed by atoms with Crippen molar-refractivity contribution in [2.45, 2.75) is 25.3 Å². The van der Waals surface area contributed by atoms with Gasteiger partial charge in [0.25, 0.3) is 0 Å². The summed E-state index contributed by atoms with van der Waals surface area (Å²) in [5, 5.41) is 0.817. The van der Waals surface area contributed by atoms with Gasteiger partial charge in [-0.3, -0.25) is 9.88 Å². The molecular formula is C23H23ClN2. The molecule has 4 rings (SSSR count). The molecule has 132 valence electrons. The number of rotatable bonds is 4. The van der Waals surface area contributed by atoms with E-state index in [9.17, 15) is 0 Å². The van der Waals surface area contributed by atoms with Crippen LogP contribution in [0.25, 0.3) is 11.1 Å². The molecule has 1 aliphatic rings. The first-order chi connectivity index (χ1) is 12.8. The summed E-state index contributed by atoms with van der Waals surface area (Å²) in [5.74, 6) is 0.650. The number of pyridine rings is 1. The second-order valence-corrected chi connectivity index (χ2v) is 7.49. The molecule has 1 aromatic heterocycles. The third-order valence-corrected chi connectivity index (χ3v) is 5.49. The van der Waals surface area contributed by atoms with Crippen LogP contribution in [0.15, 0.2) is 73.1 Å². The molecule has 0 saturated carbocycles. The first-order valence-electron chi connectivity index (χ1n) is 9.25. The SMILES string of the molecule is Clc1ccc(C2CCN(Cc3cncc(-c4ccccc4)c3)CC2)cc1. The third-order valence-electron chi connectivity index (χ3n) is 5.24. The molecule has 0 atom stereocenters. The van der Waals surface area contributed by atoms with Crippen LogP contribution < -0.4 is 0 Å². The van der Waals surface area contributed by atoms with E-state index in [0.717, 1.165) is 24.7 Å². The lowest BCUT2D eigenvalue weighted by atomic mass is 9.89. The van der Waals surface area contributed by atoms with Gasteiger partial charge in [-0.25, -0.2) is 0 Å². The van der Waals surface area contributed by atoms with Crippen molar-refractivity contribution in [2.24, 2.45) is 0 Å². The maximum atomic E-state index is 6.01. The van der Waals surface area contributed by atoms with Gasteiger partial charge in [0, 0.05) is 29.5 Å². The first-order valence-corrected chi connectivity index (χ1v) is 9.63. The molecule has 0 N–H and O–H groups in total. The van der Waals surface area contributed by atoms with Crippen molar-refractivity contribution in [3.8, 4) is 11.1 Å². The summed E-state index contributed by atoms with van der Waals surface area (Å²) < 4.78 is 0. The summed E-state index contributed by atoms with van der Waals surface area (Å²) in [7, 11) is 0. The Morgan fingerprint density at radius 2 is 1.62 bits per heavy atom. The van der Waals surface area contributed by atoms with E-state index in [1.807, 2.05) is 30.6 Å². The Morgan fingerprint density at radius 1 is 0.885 bits per heavy atom. The van der Waals surface area contributed by atoms with E-state index in [-0.39, 0.29) is 0 Å². The van der Waals surface area contributed by atoms with Crippen LogP contribution >= 0.6 is 11.6 Å². The minimum atomic E-state index is 0.650. The van der Waals surface area contributed by atoms with Crippen LogP contribution in [0.4, 0.5) is 0 Å². The lowest BCUT2D eigenvalue weighted by Crippen LogP contribution is -2.32. The van der Waals surface area contributed by atoms with Gasteiger partial charge >= 0.3 is 0 Å². The van der Waals surface area contributed by atoms with E-state index in [4.69, 9.17) is 11.6 Å². The Kier molecular flexibility index (Phi) is 5.33. The molecule has 1 fully saturated rings. The molecule has 0 aliphatic carbocycles. The predicted octanol–water partition coefficient (Wildman–Crippen LogP) is 5.78. The van der Waals surface area contributed by atoms with E-state index in [1.165, 1.54) is 35.1 Å². The van der Waals surface area contributed by atoms with Gasteiger partial charge in [0.1, 0.15) is 0 Å². The van der Waals surface area contributed by atoms with Crippen molar-refractivity contribution < 1.29 is 0 Å². The van der Waals surface area contributed by atoms with Crippen molar-refractivity contribution in [3.05, 3.63) is 89.2 Å². The second kappa shape index (κ2) is 8.03. The molecule has 26 heavy (non-hydrogen) atoms. The fourth-order valence-electron chi connectivity index (χ4n) is 3.78. The molecule has 2 nitrogen and oxygen atoms in total. The summed E-state index contributed by atoms with van der Waals surface area (Å²) in [6.07, 6.45) is 6.35. The fourth-order valence-corrected chi connectivity index (χ4v) is 3.91. The Hall–Kier alpha value is -2.16. The fraction of sp³-hybridized carbons (Fsp3) is 0.261. The Morgan fingerprint density at radius 3 is 2.35 bits per heavy atom. The number of aromatic nitrogens is 1. The molecule has 0 unspecified atom stereocenters. The van der Waals surface area contributed by atoms with Crippen LogP contribution in [-0.2, 0) is 6.54 Å². The van der Waals surface area contributed by atoms with Crippen molar-refractivity contribution in [3.63, 3.8) is 0 Å². The maximum Gasteiger partial charge on any atom is 0.0406 e. The number of halogens is 1. The van der Waals surface area contributed by atoms with Crippen LogP contribution in [0.1, 0.15) is 29.9 Å². The standard InChI is InChI=1S/C23H23ClN2/c24-23-8-6-20(7-9-23)21-10-12-26(13-11-21)17-18-14-22(16-25-15-18)19-4-2-1-3-5-19/h1-9,14-16,21H,10-13,17H2. The molecule has 3 heteroatoms. The Balaban J connectivity index is 1.38. The molecule has 3 aromatic rings. The monoisotopic (exact) mass is 362 g/mol. The molecule has 2 heterocycles. The molecule has 0 amide bonds. The zero-order valence-corrected chi connectivity index (χ0v) is 15.6. The summed E-state index contributed by atoms with van der Waals surface area (Å²) in [4.78, 5) is 7.00. The maximum absolute atomic E-state index is 6.01. The van der Waals surface area contributed by atoms with E-state index in [0.29, 0.717) is 5.92 Å². The van der Waals surface area contributed by atoms with E-state index < -0.39 is 0 Å². The summed E-state index contributed by atoms with van der Waals surface area (Å²) in [6, 6.07) is 21.1. The van der Waals surface area contributed by atoms with Crippen molar-refractivity contribution in [1.82, 2.24) is 9.88 Å². The normalized spacial score (nSPS) is 15.9. The molecule has 1 saturated heterocycles. The van der Waals surface area contributed by atoms with Crippen molar-refractivity contribution in [2.75, 3.05) is 13.1 Å².